The van der Waals surface area contributed by atoms with Crippen molar-refractivity contribution in [2.75, 3.05) is 0 Å². The van der Waals surface area contributed by atoms with Gasteiger partial charge in [-0.05, 0) is 18.2 Å². The molecule has 0 atom stereocenters. The molecule has 6 heteroatoms. The first-order valence-corrected chi connectivity index (χ1v) is 5.91. The Morgan fingerprint density at radius 2 is 2.15 bits per heavy atom. The van der Waals surface area contributed by atoms with E-state index in [4.69, 9.17) is 9.52 Å². The molecule has 0 radical (unpaired) electrons. The summed E-state index contributed by atoms with van der Waals surface area (Å²) in [4.78, 5) is 22.5. The van der Waals surface area contributed by atoms with Crippen molar-refractivity contribution < 1.29 is 14.3 Å². The van der Waals surface area contributed by atoms with Crippen LogP contribution in [0.5, 0.6) is 0 Å². The fourth-order valence-corrected chi connectivity index (χ4v) is 2.01. The van der Waals surface area contributed by atoms with Gasteiger partial charge < -0.3 is 9.52 Å². The maximum Gasteiger partial charge on any atom is 0.338 e. The number of para-hydroxylation sites is 1. The Morgan fingerprint density at radius 3 is 2.90 bits per heavy atom. The van der Waals surface area contributed by atoms with Gasteiger partial charge in [-0.15, -0.1) is 0 Å². The van der Waals surface area contributed by atoms with Crippen LogP contribution in [0.2, 0.25) is 0 Å². The summed E-state index contributed by atoms with van der Waals surface area (Å²) in [5.74, 6) is -0.582. The zero-order valence-electron chi connectivity index (χ0n) is 10.3. The van der Waals surface area contributed by atoms with E-state index in [0.29, 0.717) is 16.7 Å². The van der Waals surface area contributed by atoms with E-state index in [9.17, 15) is 9.59 Å². The lowest BCUT2D eigenvalue weighted by Gasteiger charge is -2.06. The third-order valence-corrected chi connectivity index (χ3v) is 2.97. The lowest BCUT2D eigenvalue weighted by Crippen LogP contribution is -2.12. The number of benzene rings is 1. The number of nitrogens with zero attached hydrogens (tertiary/aromatic N) is 2. The van der Waals surface area contributed by atoms with Crippen molar-refractivity contribution in [3.63, 3.8) is 0 Å². The van der Waals surface area contributed by atoms with E-state index in [1.165, 1.54) is 18.5 Å². The largest absolute Gasteiger partial charge is 0.478 e. The summed E-state index contributed by atoms with van der Waals surface area (Å²) in [5.41, 5.74) is 0.612. The second-order valence-corrected chi connectivity index (χ2v) is 4.29. The second-order valence-electron chi connectivity index (χ2n) is 4.29. The number of carbonyl (C=O) groups is 1. The Hall–Kier alpha value is -2.89. The van der Waals surface area contributed by atoms with E-state index in [-0.39, 0.29) is 17.5 Å². The van der Waals surface area contributed by atoms with Gasteiger partial charge in [-0.3, -0.25) is 9.48 Å². The predicted molar refractivity (Wildman–Crippen MR) is 70.8 cm³/mol. The minimum absolute atomic E-state index is 0.0883. The summed E-state index contributed by atoms with van der Waals surface area (Å²) in [6.07, 6.45) is 2.42. The number of hydrogen-bond donors (Lipinski definition) is 1. The van der Waals surface area contributed by atoms with Gasteiger partial charge in [0.2, 0.25) is 5.43 Å². The molecule has 0 aliphatic rings. The summed E-state index contributed by atoms with van der Waals surface area (Å²) in [7, 11) is 0. The van der Waals surface area contributed by atoms with E-state index in [1.54, 1.807) is 22.9 Å². The van der Waals surface area contributed by atoms with Gasteiger partial charge in [-0.1, -0.05) is 12.1 Å². The van der Waals surface area contributed by atoms with Gasteiger partial charge in [-0.2, -0.15) is 5.10 Å². The van der Waals surface area contributed by atoms with Crippen molar-refractivity contribution in [1.29, 1.82) is 0 Å². The Kier molecular flexibility index (Phi) is 2.83. The average molecular weight is 270 g/mol. The highest BCUT2D eigenvalue weighted by Gasteiger charge is 2.10. The number of aromatic carboxylic acids is 1. The number of carboxylic acids is 1. The first-order chi connectivity index (χ1) is 9.65. The lowest BCUT2D eigenvalue weighted by molar-refractivity contribution is 0.0696. The van der Waals surface area contributed by atoms with E-state index in [2.05, 4.69) is 5.10 Å². The Bertz CT molecular complexity index is 848. The van der Waals surface area contributed by atoms with E-state index in [1.807, 2.05) is 6.07 Å². The highest BCUT2D eigenvalue weighted by atomic mass is 16.4. The van der Waals surface area contributed by atoms with Crippen LogP contribution < -0.4 is 5.43 Å². The minimum atomic E-state index is -1.04. The van der Waals surface area contributed by atoms with Crippen LogP contribution in [-0.2, 0) is 6.54 Å². The predicted octanol–water partition coefficient (Wildman–Crippen LogP) is 1.74. The minimum Gasteiger partial charge on any atom is -0.478 e. The fraction of sp³-hybridized carbons (Fsp3) is 0.0714. The topological polar surface area (TPSA) is 85.3 Å². The number of fused-ring (bicyclic) bond motifs is 1. The van der Waals surface area contributed by atoms with Gasteiger partial charge in [0.15, 0.2) is 0 Å². The molecule has 20 heavy (non-hydrogen) atoms. The van der Waals surface area contributed by atoms with Gasteiger partial charge in [0.25, 0.3) is 0 Å². The third-order valence-electron chi connectivity index (χ3n) is 2.97. The van der Waals surface area contributed by atoms with Crippen LogP contribution in [0.15, 0.2) is 52.0 Å². The number of rotatable bonds is 3. The Balaban J connectivity index is 2.04. The number of aromatic nitrogens is 2. The highest BCUT2D eigenvalue weighted by Crippen LogP contribution is 2.13. The molecule has 2 heterocycles. The number of hydrogen-bond acceptors (Lipinski definition) is 4. The summed E-state index contributed by atoms with van der Waals surface area (Å²) < 4.78 is 6.79. The van der Waals surface area contributed by atoms with Gasteiger partial charge >= 0.3 is 5.97 Å². The summed E-state index contributed by atoms with van der Waals surface area (Å²) in [6, 6.07) is 8.54. The SMILES string of the molecule is O=C(O)c1coc(Cn2ncc(=O)c3ccccc32)c1. The van der Waals surface area contributed by atoms with Gasteiger partial charge in [-0.25, -0.2) is 4.79 Å². The van der Waals surface area contributed by atoms with Crippen LogP contribution in [0, 0.1) is 0 Å². The van der Waals surface area contributed by atoms with Crippen LogP contribution in [0.3, 0.4) is 0 Å². The smallest absolute Gasteiger partial charge is 0.338 e. The molecule has 0 unspecified atom stereocenters. The fourth-order valence-electron chi connectivity index (χ4n) is 2.01. The molecular formula is C14H10N2O4. The monoisotopic (exact) mass is 270 g/mol. The van der Waals surface area contributed by atoms with Crippen LogP contribution >= 0.6 is 0 Å². The van der Waals surface area contributed by atoms with Crippen LogP contribution in [0.1, 0.15) is 16.1 Å². The maximum atomic E-state index is 11.7. The van der Waals surface area contributed by atoms with Crippen LogP contribution in [0.25, 0.3) is 10.9 Å². The average Bonchev–Trinajstić information content (AvgIpc) is 2.91. The van der Waals surface area contributed by atoms with Gasteiger partial charge in [0.05, 0.1) is 23.8 Å². The molecule has 1 aromatic carbocycles. The van der Waals surface area contributed by atoms with Crippen molar-refractivity contribution in [3.05, 3.63) is 64.3 Å². The van der Waals surface area contributed by atoms with Crippen molar-refractivity contribution in [3.8, 4) is 0 Å². The molecule has 0 fully saturated rings. The van der Waals surface area contributed by atoms with Crippen LogP contribution in [-0.4, -0.2) is 20.9 Å². The van der Waals surface area contributed by atoms with Crippen molar-refractivity contribution >= 4 is 16.9 Å². The van der Waals surface area contributed by atoms with E-state index >= 15 is 0 Å². The number of furan rings is 1. The zero-order valence-corrected chi connectivity index (χ0v) is 10.3. The van der Waals surface area contributed by atoms with Gasteiger partial charge in [0, 0.05) is 5.39 Å². The second kappa shape index (κ2) is 4.65. The molecule has 0 amide bonds. The zero-order chi connectivity index (χ0) is 14.1. The van der Waals surface area contributed by atoms with E-state index < -0.39 is 5.97 Å². The first-order valence-electron chi connectivity index (χ1n) is 5.91. The van der Waals surface area contributed by atoms with Crippen molar-refractivity contribution in [1.82, 2.24) is 9.78 Å². The number of carboxylic acid groups (broad SMARTS) is 1. The normalized spacial score (nSPS) is 10.8. The molecule has 0 saturated heterocycles. The Labute approximate surface area is 112 Å². The summed E-state index contributed by atoms with van der Waals surface area (Å²) in [6.45, 7) is 0.258. The van der Waals surface area contributed by atoms with Crippen molar-refractivity contribution in [2.45, 2.75) is 6.54 Å². The molecule has 100 valence electrons. The molecule has 2 aromatic heterocycles. The maximum absolute atomic E-state index is 11.7. The Morgan fingerprint density at radius 1 is 1.35 bits per heavy atom. The van der Waals surface area contributed by atoms with Gasteiger partial charge in [0.1, 0.15) is 12.0 Å². The standard InChI is InChI=1S/C14H10N2O4/c17-13-6-15-16(12-4-2-1-3-11(12)13)7-10-5-9(8-20-10)14(18)19/h1-6,8H,7H2,(H,18,19). The lowest BCUT2D eigenvalue weighted by atomic mass is 10.2. The molecule has 1 N–H and O–H groups in total. The quantitative estimate of drug-likeness (QED) is 0.783. The third kappa shape index (κ3) is 2.07. The molecular weight excluding hydrogens is 260 g/mol. The molecule has 0 aliphatic heterocycles. The summed E-state index contributed by atoms with van der Waals surface area (Å²) in [5, 5.41) is 13.5. The molecule has 6 nitrogen and oxygen atoms in total. The molecule has 3 rings (SSSR count). The summed E-state index contributed by atoms with van der Waals surface area (Å²) >= 11 is 0. The van der Waals surface area contributed by atoms with E-state index in [0.717, 1.165) is 0 Å². The molecule has 0 saturated carbocycles. The highest BCUT2D eigenvalue weighted by molar-refractivity contribution is 5.87. The van der Waals surface area contributed by atoms with Crippen LogP contribution in [0.4, 0.5) is 0 Å². The molecule has 0 aliphatic carbocycles. The van der Waals surface area contributed by atoms with Crippen molar-refractivity contribution in [2.24, 2.45) is 0 Å². The molecule has 0 bridgehead atoms. The molecule has 0 spiro atoms. The molecule has 3 aromatic rings. The first kappa shape index (κ1) is 12.2.